The Kier molecular flexibility index (Phi) is 11.7. The normalized spacial score (nSPS) is 13.9. The molecule has 0 heterocycles. The van der Waals surface area contributed by atoms with Crippen molar-refractivity contribution in [3.05, 3.63) is 76.9 Å². The lowest BCUT2D eigenvalue weighted by molar-refractivity contribution is -0.135. The minimum absolute atomic E-state index is 0.00238. The molecule has 0 fully saturated rings. The molecule has 1 amide bonds. The first-order chi connectivity index (χ1) is 21.7. The predicted octanol–water partition coefficient (Wildman–Crippen LogP) is 6.28. The van der Waals surface area contributed by atoms with Gasteiger partial charge in [0.2, 0.25) is 5.91 Å². The Morgan fingerprint density at radius 3 is 1.57 bits per heavy atom. The van der Waals surface area contributed by atoms with E-state index >= 15 is 0 Å². The molecule has 0 saturated carbocycles. The summed E-state index contributed by atoms with van der Waals surface area (Å²) in [6.07, 6.45) is 0.731. The van der Waals surface area contributed by atoms with E-state index in [-0.39, 0.29) is 71.4 Å². The summed E-state index contributed by atoms with van der Waals surface area (Å²) in [7, 11) is 0. The van der Waals surface area contributed by atoms with Crippen molar-refractivity contribution < 1.29 is 39.9 Å². The maximum atomic E-state index is 14.1. The highest BCUT2D eigenvalue weighted by atomic mass is 16.3. The minimum atomic E-state index is -1.07. The number of amides is 1. The number of phenols is 5. The molecule has 0 radical (unpaired) electrons. The lowest BCUT2D eigenvalue weighted by Gasteiger charge is -2.29. The molecule has 3 aromatic carbocycles. The van der Waals surface area contributed by atoms with Crippen LogP contribution in [0.25, 0.3) is 0 Å². The van der Waals surface area contributed by atoms with Crippen LogP contribution in [0.3, 0.4) is 0 Å². The Morgan fingerprint density at radius 2 is 1.11 bits per heavy atom. The number of nitrogens with one attached hydrogen (secondary N) is 1. The van der Waals surface area contributed by atoms with Gasteiger partial charge in [0.05, 0.1) is 6.04 Å². The van der Waals surface area contributed by atoms with Crippen LogP contribution in [-0.2, 0) is 33.6 Å². The summed E-state index contributed by atoms with van der Waals surface area (Å²) >= 11 is 0. The summed E-state index contributed by atoms with van der Waals surface area (Å²) in [5.74, 6) is -3.39. The molecule has 9 heteroatoms. The van der Waals surface area contributed by atoms with Crippen molar-refractivity contribution in [3.8, 4) is 28.7 Å². The zero-order valence-corrected chi connectivity index (χ0v) is 28.4. The van der Waals surface area contributed by atoms with Crippen molar-refractivity contribution in [1.82, 2.24) is 5.32 Å². The number of hydrogen-bond donors (Lipinski definition) is 6. The number of Topliss-reactive ketones (excluding diaryl/α,β-unsaturated/α-hetero) is 2. The number of rotatable bonds is 13. The number of aromatic hydroxyl groups is 5. The molecule has 0 bridgehead atoms. The van der Waals surface area contributed by atoms with Crippen LogP contribution in [0.5, 0.6) is 28.7 Å². The average molecular weight is 648 g/mol. The van der Waals surface area contributed by atoms with Crippen LogP contribution in [0.1, 0.15) is 76.6 Å². The van der Waals surface area contributed by atoms with Crippen molar-refractivity contribution in [2.75, 3.05) is 0 Å². The largest absolute Gasteiger partial charge is 0.508 e. The summed E-state index contributed by atoms with van der Waals surface area (Å²) in [4.78, 5) is 41.8. The van der Waals surface area contributed by atoms with Crippen molar-refractivity contribution >= 4 is 17.5 Å². The fourth-order valence-electron chi connectivity index (χ4n) is 5.77. The molecule has 254 valence electrons. The topological polar surface area (TPSA) is 164 Å². The van der Waals surface area contributed by atoms with E-state index in [2.05, 4.69) is 5.32 Å². The summed E-state index contributed by atoms with van der Waals surface area (Å²) < 4.78 is 0. The van der Waals surface area contributed by atoms with Gasteiger partial charge in [-0.1, -0.05) is 65.8 Å². The molecular weight excluding hydrogens is 598 g/mol. The number of benzene rings is 3. The van der Waals surface area contributed by atoms with Gasteiger partial charge in [-0.25, -0.2) is 0 Å². The van der Waals surface area contributed by atoms with Gasteiger partial charge in [-0.3, -0.25) is 14.4 Å². The van der Waals surface area contributed by atoms with Gasteiger partial charge in [-0.2, -0.15) is 0 Å². The Bertz CT molecular complexity index is 1600. The van der Waals surface area contributed by atoms with Crippen LogP contribution in [0.15, 0.2) is 54.6 Å². The van der Waals surface area contributed by atoms with Crippen LogP contribution in [-0.4, -0.2) is 49.0 Å². The molecule has 0 aromatic heterocycles. The number of carbonyl (C=O) groups excluding carboxylic acids is 3. The fraction of sp³-hybridized carbons (Fsp3) is 0.447. The van der Waals surface area contributed by atoms with Gasteiger partial charge in [0.1, 0.15) is 11.5 Å². The third kappa shape index (κ3) is 10.8. The molecular formula is C38H49NO8. The summed E-state index contributed by atoms with van der Waals surface area (Å²) in [5, 5.41) is 53.0. The van der Waals surface area contributed by atoms with Crippen molar-refractivity contribution in [2.45, 2.75) is 86.6 Å². The van der Waals surface area contributed by atoms with Crippen LogP contribution in [0.2, 0.25) is 0 Å². The molecule has 0 aliphatic carbocycles. The Labute approximate surface area is 277 Å². The van der Waals surface area contributed by atoms with Gasteiger partial charge >= 0.3 is 0 Å². The summed E-state index contributed by atoms with van der Waals surface area (Å²) in [6.45, 7) is 13.1. The Hall–Kier alpha value is -4.53. The molecule has 3 aromatic rings. The zero-order chi connectivity index (χ0) is 35.3. The third-order valence-corrected chi connectivity index (χ3v) is 8.25. The Balaban J connectivity index is 1.97. The minimum Gasteiger partial charge on any atom is -0.508 e. The number of ketones is 2. The molecule has 0 aliphatic heterocycles. The molecule has 9 nitrogen and oxygen atoms in total. The first kappa shape index (κ1) is 36.9. The SMILES string of the molecule is Cc1ccc(CC(CC(=O)C(Cc2ccc(O)c(O)c2)NC(=O)C(Cc2ccc(O)c(O)c2)CC(C)(C)C)C(=O)C(C)(C)C)cc1O. The standard InChI is InChI=1S/C38H49NO8/c1-22-8-9-23(17-31(22)42)14-26(35(46)38(5,6)7)20-32(43)28(16-25-11-13-30(41)34(45)19-25)39-36(47)27(21-37(2,3)4)15-24-10-12-29(40)33(44)18-24/h8-13,17-19,26-28,40-42,44-45H,14-16,20-21H2,1-7H3,(H,39,47). The lowest BCUT2D eigenvalue weighted by Crippen LogP contribution is -2.47. The number of carbonyl (C=O) groups is 3. The van der Waals surface area contributed by atoms with Crippen LogP contribution >= 0.6 is 0 Å². The van der Waals surface area contributed by atoms with E-state index in [9.17, 15) is 39.9 Å². The zero-order valence-electron chi connectivity index (χ0n) is 28.4. The van der Waals surface area contributed by atoms with Crippen molar-refractivity contribution in [2.24, 2.45) is 22.7 Å². The van der Waals surface area contributed by atoms with E-state index in [1.807, 2.05) is 26.8 Å². The van der Waals surface area contributed by atoms with Crippen LogP contribution in [0, 0.1) is 29.6 Å². The monoisotopic (exact) mass is 647 g/mol. The first-order valence-corrected chi connectivity index (χ1v) is 15.9. The van der Waals surface area contributed by atoms with E-state index in [4.69, 9.17) is 0 Å². The van der Waals surface area contributed by atoms with E-state index < -0.39 is 29.2 Å². The highest BCUT2D eigenvalue weighted by Gasteiger charge is 2.35. The van der Waals surface area contributed by atoms with Gasteiger partial charge < -0.3 is 30.8 Å². The first-order valence-electron chi connectivity index (χ1n) is 15.9. The van der Waals surface area contributed by atoms with Gasteiger partial charge in [0.15, 0.2) is 28.8 Å². The second-order valence-electron chi connectivity index (χ2n) is 14.9. The maximum Gasteiger partial charge on any atom is 0.224 e. The van der Waals surface area contributed by atoms with Crippen LogP contribution in [0.4, 0.5) is 0 Å². The van der Waals surface area contributed by atoms with Gasteiger partial charge in [0, 0.05) is 23.7 Å². The highest BCUT2D eigenvalue weighted by Crippen LogP contribution is 2.32. The lowest BCUT2D eigenvalue weighted by atomic mass is 9.77. The molecule has 47 heavy (non-hydrogen) atoms. The van der Waals surface area contributed by atoms with Crippen molar-refractivity contribution in [1.29, 1.82) is 0 Å². The molecule has 6 N–H and O–H groups in total. The second kappa shape index (κ2) is 14.9. The van der Waals surface area contributed by atoms with Crippen molar-refractivity contribution in [3.63, 3.8) is 0 Å². The molecule has 0 saturated heterocycles. The maximum absolute atomic E-state index is 14.1. The molecule has 0 aliphatic rings. The predicted molar refractivity (Wildman–Crippen MR) is 181 cm³/mol. The molecule has 3 rings (SSSR count). The quantitative estimate of drug-likeness (QED) is 0.118. The number of hydrogen-bond acceptors (Lipinski definition) is 8. The third-order valence-electron chi connectivity index (χ3n) is 8.25. The number of aryl methyl sites for hydroxylation is 1. The van der Waals surface area contributed by atoms with Crippen LogP contribution < -0.4 is 5.32 Å². The number of phenolic OH excluding ortho intramolecular Hbond substituents is 5. The molecule has 3 unspecified atom stereocenters. The Morgan fingerprint density at radius 1 is 0.638 bits per heavy atom. The van der Waals surface area contributed by atoms with Gasteiger partial charge in [-0.15, -0.1) is 0 Å². The van der Waals surface area contributed by atoms with Gasteiger partial charge in [0.25, 0.3) is 0 Å². The fourth-order valence-corrected chi connectivity index (χ4v) is 5.77. The van der Waals surface area contributed by atoms with E-state index in [0.717, 1.165) is 0 Å². The summed E-state index contributed by atoms with van der Waals surface area (Å²) in [5.41, 5.74) is 1.50. The van der Waals surface area contributed by atoms with Gasteiger partial charge in [-0.05, 0) is 90.6 Å². The molecule has 0 spiro atoms. The highest BCUT2D eigenvalue weighted by molar-refractivity contribution is 5.95. The molecule has 3 atom stereocenters. The average Bonchev–Trinajstić information content (AvgIpc) is 2.96. The summed E-state index contributed by atoms with van der Waals surface area (Å²) in [6, 6.07) is 12.7. The van der Waals surface area contributed by atoms with E-state index in [0.29, 0.717) is 28.7 Å². The smallest absolute Gasteiger partial charge is 0.224 e. The van der Waals surface area contributed by atoms with E-state index in [1.54, 1.807) is 52.0 Å². The second-order valence-corrected chi connectivity index (χ2v) is 14.9. The van der Waals surface area contributed by atoms with E-state index in [1.165, 1.54) is 24.3 Å².